The van der Waals surface area contributed by atoms with Gasteiger partial charge in [-0.3, -0.25) is 4.79 Å². The lowest BCUT2D eigenvalue weighted by atomic mass is 9.89. The van der Waals surface area contributed by atoms with Crippen LogP contribution in [0.3, 0.4) is 0 Å². The van der Waals surface area contributed by atoms with Crippen LogP contribution in [-0.4, -0.2) is 36.1 Å². The van der Waals surface area contributed by atoms with Gasteiger partial charge in [-0.15, -0.1) is 0 Å². The fraction of sp³-hybridized carbons (Fsp3) is 0.450. The molecule has 1 saturated carbocycles. The molecule has 2 fully saturated rings. The average Bonchev–Trinajstić information content (AvgIpc) is 3.03. The Hall–Kier alpha value is -1.78. The number of carbonyl (C=O) groups is 1. The minimum absolute atomic E-state index is 0.0571. The molecule has 0 bridgehead atoms. The Morgan fingerprint density at radius 1 is 1.20 bits per heavy atom. The van der Waals surface area contributed by atoms with Crippen molar-refractivity contribution in [3.05, 3.63) is 46.7 Å². The van der Waals surface area contributed by atoms with Crippen molar-refractivity contribution in [2.45, 2.75) is 44.8 Å². The highest BCUT2D eigenvalue weighted by molar-refractivity contribution is 6.30. The molecule has 1 aliphatic carbocycles. The molecule has 2 unspecified atom stereocenters. The highest BCUT2D eigenvalue weighted by atomic mass is 35.5. The van der Waals surface area contributed by atoms with Gasteiger partial charge in [-0.2, -0.15) is 0 Å². The third kappa shape index (κ3) is 3.21. The molecule has 1 saturated heterocycles. The van der Waals surface area contributed by atoms with Crippen LogP contribution in [0.4, 0.5) is 0 Å². The Morgan fingerprint density at radius 2 is 1.96 bits per heavy atom. The SMILES string of the molecule is Cc1oc(-c2ccc(Cl)cc2)cc1C(=O)N1CCOC2CCCCC21. The number of ether oxygens (including phenoxy) is 1. The molecule has 4 nitrogen and oxygen atoms in total. The molecule has 1 amide bonds. The number of aryl methyl sites for hydroxylation is 1. The van der Waals surface area contributed by atoms with Crippen LogP contribution in [0.2, 0.25) is 5.02 Å². The zero-order valence-corrected chi connectivity index (χ0v) is 15.1. The summed E-state index contributed by atoms with van der Waals surface area (Å²) in [5.74, 6) is 1.42. The number of hydrogen-bond acceptors (Lipinski definition) is 3. The van der Waals surface area contributed by atoms with Gasteiger partial charge in [-0.1, -0.05) is 24.4 Å². The summed E-state index contributed by atoms with van der Waals surface area (Å²) >= 11 is 5.95. The fourth-order valence-electron chi connectivity index (χ4n) is 3.95. The molecule has 132 valence electrons. The van der Waals surface area contributed by atoms with Crippen molar-refractivity contribution in [1.82, 2.24) is 4.90 Å². The molecule has 5 heteroatoms. The summed E-state index contributed by atoms with van der Waals surface area (Å²) in [5.41, 5.74) is 1.57. The largest absolute Gasteiger partial charge is 0.461 e. The summed E-state index contributed by atoms with van der Waals surface area (Å²) in [7, 11) is 0. The number of morpholine rings is 1. The lowest BCUT2D eigenvalue weighted by Crippen LogP contribution is -2.54. The summed E-state index contributed by atoms with van der Waals surface area (Å²) in [6, 6.07) is 9.51. The maximum atomic E-state index is 13.2. The summed E-state index contributed by atoms with van der Waals surface area (Å²) in [4.78, 5) is 15.2. The molecule has 2 aromatic rings. The van der Waals surface area contributed by atoms with E-state index in [0.717, 1.165) is 24.8 Å². The van der Waals surface area contributed by atoms with Crippen LogP contribution in [0, 0.1) is 6.92 Å². The minimum Gasteiger partial charge on any atom is -0.461 e. The first-order chi connectivity index (χ1) is 12.1. The van der Waals surface area contributed by atoms with Crippen molar-refractivity contribution in [2.24, 2.45) is 0 Å². The van der Waals surface area contributed by atoms with E-state index in [2.05, 4.69) is 0 Å². The van der Waals surface area contributed by atoms with Gasteiger partial charge < -0.3 is 14.1 Å². The van der Waals surface area contributed by atoms with E-state index in [0.29, 0.717) is 35.3 Å². The Labute approximate surface area is 152 Å². The maximum Gasteiger partial charge on any atom is 0.257 e. The molecule has 2 heterocycles. The lowest BCUT2D eigenvalue weighted by molar-refractivity contribution is -0.0753. The summed E-state index contributed by atoms with van der Waals surface area (Å²) in [6.45, 7) is 3.13. The van der Waals surface area contributed by atoms with Crippen LogP contribution in [-0.2, 0) is 4.74 Å². The molecule has 0 radical (unpaired) electrons. The monoisotopic (exact) mass is 359 g/mol. The van der Waals surface area contributed by atoms with Gasteiger partial charge in [0.2, 0.25) is 0 Å². The molecule has 1 aromatic carbocycles. The van der Waals surface area contributed by atoms with Crippen LogP contribution < -0.4 is 0 Å². The number of amides is 1. The molecule has 4 rings (SSSR count). The first kappa shape index (κ1) is 16.7. The molecule has 1 aromatic heterocycles. The van der Waals surface area contributed by atoms with Crippen molar-refractivity contribution in [2.75, 3.05) is 13.2 Å². The third-order valence-electron chi connectivity index (χ3n) is 5.27. The molecule has 25 heavy (non-hydrogen) atoms. The zero-order chi connectivity index (χ0) is 17.4. The quantitative estimate of drug-likeness (QED) is 0.781. The smallest absolute Gasteiger partial charge is 0.257 e. The number of benzene rings is 1. The fourth-order valence-corrected chi connectivity index (χ4v) is 4.08. The Morgan fingerprint density at radius 3 is 2.76 bits per heavy atom. The van der Waals surface area contributed by atoms with Gasteiger partial charge in [-0.05, 0) is 50.1 Å². The predicted octanol–water partition coefficient (Wildman–Crippen LogP) is 4.69. The van der Waals surface area contributed by atoms with Crippen LogP contribution in [0.1, 0.15) is 41.8 Å². The van der Waals surface area contributed by atoms with E-state index in [-0.39, 0.29) is 18.1 Å². The van der Waals surface area contributed by atoms with Crippen LogP contribution in [0.15, 0.2) is 34.7 Å². The van der Waals surface area contributed by atoms with E-state index >= 15 is 0 Å². The van der Waals surface area contributed by atoms with E-state index in [9.17, 15) is 4.79 Å². The average molecular weight is 360 g/mol. The van der Waals surface area contributed by atoms with Crippen LogP contribution in [0.5, 0.6) is 0 Å². The molecule has 0 spiro atoms. The topological polar surface area (TPSA) is 42.7 Å². The maximum absolute atomic E-state index is 13.2. The molecule has 1 aliphatic heterocycles. The third-order valence-corrected chi connectivity index (χ3v) is 5.52. The number of hydrogen-bond donors (Lipinski definition) is 0. The number of rotatable bonds is 2. The molecule has 2 aliphatic rings. The molecular weight excluding hydrogens is 338 g/mol. The predicted molar refractivity (Wildman–Crippen MR) is 96.9 cm³/mol. The number of nitrogens with zero attached hydrogens (tertiary/aromatic N) is 1. The molecular formula is C20H22ClNO3. The van der Waals surface area contributed by atoms with E-state index in [4.69, 9.17) is 20.8 Å². The summed E-state index contributed by atoms with van der Waals surface area (Å²) < 4.78 is 11.8. The van der Waals surface area contributed by atoms with Gasteiger partial charge in [0.1, 0.15) is 11.5 Å². The van der Waals surface area contributed by atoms with E-state index < -0.39 is 0 Å². The second kappa shape index (κ2) is 6.85. The standard InChI is InChI=1S/C20H22ClNO3/c1-13-16(12-19(25-13)14-6-8-15(21)9-7-14)20(23)22-10-11-24-18-5-3-2-4-17(18)22/h6-9,12,17-18H,2-5,10-11H2,1H3. The highest BCUT2D eigenvalue weighted by Crippen LogP contribution is 2.32. The van der Waals surface area contributed by atoms with Gasteiger partial charge in [-0.25, -0.2) is 0 Å². The van der Waals surface area contributed by atoms with Crippen molar-refractivity contribution in [3.8, 4) is 11.3 Å². The van der Waals surface area contributed by atoms with Crippen LogP contribution >= 0.6 is 11.6 Å². The highest BCUT2D eigenvalue weighted by Gasteiger charge is 2.37. The van der Waals surface area contributed by atoms with Crippen LogP contribution in [0.25, 0.3) is 11.3 Å². The lowest BCUT2D eigenvalue weighted by Gasteiger charge is -2.43. The van der Waals surface area contributed by atoms with E-state index in [1.54, 1.807) is 0 Å². The second-order valence-corrected chi connectivity index (χ2v) is 7.28. The van der Waals surface area contributed by atoms with Crippen molar-refractivity contribution >= 4 is 17.5 Å². The van der Waals surface area contributed by atoms with E-state index in [1.807, 2.05) is 42.2 Å². The van der Waals surface area contributed by atoms with Crippen molar-refractivity contribution in [3.63, 3.8) is 0 Å². The van der Waals surface area contributed by atoms with Gasteiger partial charge in [0, 0.05) is 17.1 Å². The number of carbonyl (C=O) groups excluding carboxylic acids is 1. The number of halogens is 1. The first-order valence-corrected chi connectivity index (χ1v) is 9.30. The Kier molecular flexibility index (Phi) is 4.57. The Balaban J connectivity index is 1.60. The molecule has 0 N–H and O–H groups in total. The Bertz CT molecular complexity index is 766. The van der Waals surface area contributed by atoms with Crippen molar-refractivity contribution < 1.29 is 13.9 Å². The summed E-state index contributed by atoms with van der Waals surface area (Å²) in [6.07, 6.45) is 4.62. The second-order valence-electron chi connectivity index (χ2n) is 6.85. The molecule has 2 atom stereocenters. The first-order valence-electron chi connectivity index (χ1n) is 8.92. The number of fused-ring (bicyclic) bond motifs is 1. The van der Waals surface area contributed by atoms with E-state index in [1.165, 1.54) is 6.42 Å². The minimum atomic E-state index is 0.0571. The zero-order valence-electron chi connectivity index (χ0n) is 14.3. The normalized spacial score (nSPS) is 23.4. The van der Waals surface area contributed by atoms with Gasteiger partial charge in [0.15, 0.2) is 0 Å². The van der Waals surface area contributed by atoms with Crippen molar-refractivity contribution in [1.29, 1.82) is 0 Å². The van der Waals surface area contributed by atoms with Gasteiger partial charge in [0.05, 0.1) is 24.3 Å². The van der Waals surface area contributed by atoms with Gasteiger partial charge in [0.25, 0.3) is 5.91 Å². The van der Waals surface area contributed by atoms with Gasteiger partial charge >= 0.3 is 0 Å². The number of furan rings is 1. The summed E-state index contributed by atoms with van der Waals surface area (Å²) in [5, 5.41) is 0.681.